The number of amides is 1. The summed E-state index contributed by atoms with van der Waals surface area (Å²) in [6.45, 7) is 2.44. The number of methoxy groups -OCH3 is 1. The molecule has 3 rings (SSSR count). The normalized spacial score (nSPS) is 28.1. The first-order chi connectivity index (χ1) is 13.2. The second-order valence-corrected chi connectivity index (χ2v) is 6.74. The maximum Gasteiger partial charge on any atom is 0.321 e. The molecule has 0 unspecified atom stereocenters. The molecule has 28 heavy (non-hydrogen) atoms. The molecule has 8 nitrogen and oxygen atoms in total. The summed E-state index contributed by atoms with van der Waals surface area (Å²) >= 11 is 0. The van der Waals surface area contributed by atoms with Gasteiger partial charge in [0.1, 0.15) is 18.1 Å². The van der Waals surface area contributed by atoms with Crippen molar-refractivity contribution in [1.29, 1.82) is 0 Å². The Morgan fingerprint density at radius 1 is 1.04 bits per heavy atom. The summed E-state index contributed by atoms with van der Waals surface area (Å²) in [6, 6.07) is 6.83. The van der Waals surface area contributed by atoms with E-state index in [1.165, 1.54) is 38.0 Å². The number of fused-ring (bicyclic) bond motifs is 3. The highest BCUT2D eigenvalue weighted by Gasteiger charge is 2.66. The van der Waals surface area contributed by atoms with Crippen molar-refractivity contribution in [2.45, 2.75) is 31.5 Å². The predicted molar refractivity (Wildman–Crippen MR) is 97.3 cm³/mol. The van der Waals surface area contributed by atoms with Gasteiger partial charge < -0.3 is 19.1 Å². The SMILES string of the molecule is COC(=O)[C@]12c3ccccc3N(C)C(=O)[C@H]1[C@@H](OC(C)=O)C=C[C@H]2OC(C)=O. The number of rotatable bonds is 3. The van der Waals surface area contributed by atoms with Gasteiger partial charge in [0.05, 0.1) is 7.11 Å². The maximum absolute atomic E-state index is 13.3. The van der Waals surface area contributed by atoms with Gasteiger partial charge in [0.25, 0.3) is 0 Å². The minimum Gasteiger partial charge on any atom is -0.468 e. The lowest BCUT2D eigenvalue weighted by atomic mass is 9.59. The summed E-state index contributed by atoms with van der Waals surface area (Å²) in [5, 5.41) is 0. The zero-order valence-electron chi connectivity index (χ0n) is 16.0. The van der Waals surface area contributed by atoms with Gasteiger partial charge in [-0.15, -0.1) is 0 Å². The number of para-hydroxylation sites is 1. The first-order valence-electron chi connectivity index (χ1n) is 8.73. The molecule has 0 fully saturated rings. The van der Waals surface area contributed by atoms with Crippen molar-refractivity contribution in [3.8, 4) is 0 Å². The molecule has 8 heteroatoms. The van der Waals surface area contributed by atoms with Crippen LogP contribution in [-0.2, 0) is 38.8 Å². The summed E-state index contributed by atoms with van der Waals surface area (Å²) in [4.78, 5) is 51.3. The van der Waals surface area contributed by atoms with Crippen LogP contribution < -0.4 is 4.90 Å². The largest absolute Gasteiger partial charge is 0.468 e. The molecule has 148 valence electrons. The quantitative estimate of drug-likeness (QED) is 0.435. The van der Waals surface area contributed by atoms with Gasteiger partial charge >= 0.3 is 17.9 Å². The Bertz CT molecular complexity index is 877. The van der Waals surface area contributed by atoms with Crippen LogP contribution in [0.25, 0.3) is 0 Å². The van der Waals surface area contributed by atoms with Crippen LogP contribution in [0.15, 0.2) is 36.4 Å². The summed E-state index contributed by atoms with van der Waals surface area (Å²) in [6.07, 6.45) is 0.818. The van der Waals surface area contributed by atoms with E-state index in [0.717, 1.165) is 0 Å². The molecule has 1 aromatic carbocycles. The molecule has 1 aromatic rings. The average Bonchev–Trinajstić information content (AvgIpc) is 2.65. The van der Waals surface area contributed by atoms with E-state index in [2.05, 4.69) is 0 Å². The molecule has 1 aliphatic carbocycles. The molecular weight excluding hydrogens is 366 g/mol. The summed E-state index contributed by atoms with van der Waals surface area (Å²) < 4.78 is 15.9. The number of carbonyl (C=O) groups is 4. The molecule has 0 bridgehead atoms. The lowest BCUT2D eigenvalue weighted by Gasteiger charge is -2.50. The third-order valence-electron chi connectivity index (χ3n) is 5.17. The van der Waals surface area contributed by atoms with Gasteiger partial charge in [-0.2, -0.15) is 0 Å². The van der Waals surface area contributed by atoms with E-state index >= 15 is 0 Å². The number of hydrogen-bond donors (Lipinski definition) is 0. The number of nitrogens with zero attached hydrogens (tertiary/aromatic N) is 1. The smallest absolute Gasteiger partial charge is 0.321 e. The number of esters is 3. The molecule has 2 aliphatic rings. The lowest BCUT2D eigenvalue weighted by molar-refractivity contribution is -0.174. The molecule has 4 atom stereocenters. The number of anilines is 1. The van der Waals surface area contributed by atoms with E-state index in [-0.39, 0.29) is 0 Å². The van der Waals surface area contributed by atoms with Crippen molar-refractivity contribution in [3.63, 3.8) is 0 Å². The molecule has 0 N–H and O–H groups in total. The minimum atomic E-state index is -1.69. The number of hydrogen-bond acceptors (Lipinski definition) is 7. The van der Waals surface area contributed by atoms with Gasteiger partial charge in [0.15, 0.2) is 5.41 Å². The van der Waals surface area contributed by atoms with Crippen molar-refractivity contribution in [3.05, 3.63) is 42.0 Å². The third kappa shape index (κ3) is 2.76. The molecule has 0 radical (unpaired) electrons. The van der Waals surface area contributed by atoms with E-state index < -0.39 is 47.4 Å². The Morgan fingerprint density at radius 3 is 2.29 bits per heavy atom. The fraction of sp³-hybridized carbons (Fsp3) is 0.400. The molecule has 0 saturated heterocycles. The zero-order chi connectivity index (χ0) is 20.6. The predicted octanol–water partition coefficient (Wildman–Crippen LogP) is 1.12. The fourth-order valence-corrected chi connectivity index (χ4v) is 4.14. The molecule has 0 aromatic heterocycles. The van der Waals surface area contributed by atoms with Crippen molar-refractivity contribution in [2.75, 3.05) is 19.1 Å². The van der Waals surface area contributed by atoms with Crippen LogP contribution in [-0.4, -0.2) is 50.2 Å². The molecule has 1 aliphatic heterocycles. The van der Waals surface area contributed by atoms with Crippen LogP contribution in [0.1, 0.15) is 19.4 Å². The Labute approximate surface area is 162 Å². The fourth-order valence-electron chi connectivity index (χ4n) is 4.14. The highest BCUT2D eigenvalue weighted by Crippen LogP contribution is 2.51. The van der Waals surface area contributed by atoms with Crippen LogP contribution in [0.2, 0.25) is 0 Å². The Balaban J connectivity index is 2.35. The molecule has 1 amide bonds. The van der Waals surface area contributed by atoms with E-state index in [9.17, 15) is 19.2 Å². The first-order valence-corrected chi connectivity index (χ1v) is 8.73. The van der Waals surface area contributed by atoms with Crippen LogP contribution in [0, 0.1) is 5.92 Å². The second kappa shape index (κ2) is 7.10. The number of carbonyl (C=O) groups excluding carboxylic acids is 4. The van der Waals surface area contributed by atoms with Gasteiger partial charge in [-0.1, -0.05) is 18.2 Å². The van der Waals surface area contributed by atoms with Crippen molar-refractivity contribution in [1.82, 2.24) is 0 Å². The highest BCUT2D eigenvalue weighted by atomic mass is 16.6. The van der Waals surface area contributed by atoms with Gasteiger partial charge in [-0.05, 0) is 23.8 Å². The van der Waals surface area contributed by atoms with Crippen LogP contribution in [0.5, 0.6) is 0 Å². The standard InChI is InChI=1S/C20H21NO7/c1-11(22)27-15-9-10-16(28-12(2)23)20(19(25)26-4)13-7-5-6-8-14(13)21(3)18(24)17(15)20/h5-10,15-17H,1-4H3/t15-,16+,17+,20-/m0/s1. The summed E-state index contributed by atoms with van der Waals surface area (Å²) in [5.41, 5.74) is -0.736. The molecule has 0 saturated carbocycles. The summed E-state index contributed by atoms with van der Waals surface area (Å²) in [7, 11) is 2.77. The van der Waals surface area contributed by atoms with Gasteiger partial charge in [0, 0.05) is 26.6 Å². The van der Waals surface area contributed by atoms with Crippen LogP contribution in [0.4, 0.5) is 5.69 Å². The van der Waals surface area contributed by atoms with Gasteiger partial charge in [0.2, 0.25) is 5.91 Å². The Hall–Kier alpha value is -3.16. The zero-order valence-corrected chi connectivity index (χ0v) is 16.0. The van der Waals surface area contributed by atoms with Crippen LogP contribution >= 0.6 is 0 Å². The van der Waals surface area contributed by atoms with Crippen LogP contribution in [0.3, 0.4) is 0 Å². The monoisotopic (exact) mass is 387 g/mol. The molecule has 1 heterocycles. The highest BCUT2D eigenvalue weighted by molar-refractivity contribution is 6.07. The van der Waals surface area contributed by atoms with Gasteiger partial charge in [-0.3, -0.25) is 19.2 Å². The Morgan fingerprint density at radius 2 is 1.68 bits per heavy atom. The van der Waals surface area contributed by atoms with Gasteiger partial charge in [-0.25, -0.2) is 0 Å². The first kappa shape index (κ1) is 19.6. The summed E-state index contributed by atoms with van der Waals surface area (Å²) in [5.74, 6) is -3.57. The average molecular weight is 387 g/mol. The lowest BCUT2D eigenvalue weighted by Crippen LogP contribution is -2.66. The van der Waals surface area contributed by atoms with E-state index in [1.54, 1.807) is 31.3 Å². The van der Waals surface area contributed by atoms with E-state index in [1.807, 2.05) is 0 Å². The maximum atomic E-state index is 13.3. The number of benzene rings is 1. The van der Waals surface area contributed by atoms with Crippen molar-refractivity contribution in [2.24, 2.45) is 5.92 Å². The molecular formula is C20H21NO7. The topological polar surface area (TPSA) is 99.2 Å². The second-order valence-electron chi connectivity index (χ2n) is 6.74. The number of ether oxygens (including phenoxy) is 3. The molecule has 0 spiro atoms. The van der Waals surface area contributed by atoms with E-state index in [0.29, 0.717) is 11.3 Å². The van der Waals surface area contributed by atoms with Crippen molar-refractivity contribution < 1.29 is 33.4 Å². The van der Waals surface area contributed by atoms with Crippen molar-refractivity contribution >= 4 is 29.5 Å². The minimum absolute atomic E-state index is 0.447. The van der Waals surface area contributed by atoms with E-state index in [4.69, 9.17) is 14.2 Å². The third-order valence-corrected chi connectivity index (χ3v) is 5.17. The Kier molecular flexibility index (Phi) is 4.97.